The van der Waals surface area contributed by atoms with Crippen molar-refractivity contribution in [3.05, 3.63) is 18.2 Å². The van der Waals surface area contributed by atoms with Gasteiger partial charge in [-0.2, -0.15) is 0 Å². The van der Waals surface area contributed by atoms with Crippen molar-refractivity contribution in [1.29, 1.82) is 0 Å². The van der Waals surface area contributed by atoms with Crippen LogP contribution in [0.25, 0.3) is 0 Å². The number of nitrogens with zero attached hydrogens (tertiary/aromatic N) is 1. The minimum atomic E-state index is -0.991. The van der Waals surface area contributed by atoms with Crippen molar-refractivity contribution in [2.24, 2.45) is 17.6 Å². The average Bonchev–Trinajstić information content (AvgIpc) is 3.21. The van der Waals surface area contributed by atoms with Crippen molar-refractivity contribution in [3.8, 4) is 0 Å². The largest absolute Gasteiger partial charge is 0.390 e. The van der Waals surface area contributed by atoms with E-state index in [4.69, 9.17) is 5.73 Å². The third kappa shape index (κ3) is 6.57. The molecule has 0 bridgehead atoms. The fraction of sp³-hybridized carbons (Fsp3) is 0.810. The zero-order valence-corrected chi connectivity index (χ0v) is 17.3. The number of nitrogens with two attached hydrogens (primary N) is 1. The average molecular weight is 395 g/mol. The molecule has 6 N–H and O–H groups in total. The number of aliphatic hydroxyl groups is 2. The van der Waals surface area contributed by atoms with Crippen LogP contribution >= 0.6 is 0 Å². The lowest BCUT2D eigenvalue weighted by Crippen LogP contribution is -2.55. The number of aliphatic hydroxyl groups excluding tert-OH is 2. The first-order valence-corrected chi connectivity index (χ1v) is 10.9. The van der Waals surface area contributed by atoms with Crippen LogP contribution in [-0.4, -0.2) is 50.4 Å². The van der Waals surface area contributed by atoms with Gasteiger partial charge < -0.3 is 26.2 Å². The van der Waals surface area contributed by atoms with Crippen LogP contribution in [0, 0.1) is 11.8 Å². The summed E-state index contributed by atoms with van der Waals surface area (Å²) < 4.78 is 0. The summed E-state index contributed by atoms with van der Waals surface area (Å²) in [7, 11) is 0. The van der Waals surface area contributed by atoms with Gasteiger partial charge in [0.05, 0.1) is 24.5 Å². The standard InChI is InChI=1S/C21H38N4O3/c1-3-15(4-2)19(26)20(27)18(10-14-8-6-5-7-9-14)25-21(28)17(22)11-16-12-23-13-24-16/h12-15,17-20,26-27H,3-11,22H2,1-2H3,(H,23,24)(H,25,28)/t17?,18-,19-,20+/m0/s1. The molecule has 0 aromatic carbocycles. The van der Waals surface area contributed by atoms with Crippen molar-refractivity contribution in [2.45, 2.75) is 95.9 Å². The number of hydrogen-bond acceptors (Lipinski definition) is 5. The zero-order valence-electron chi connectivity index (χ0n) is 17.3. The second-order valence-corrected chi connectivity index (χ2v) is 8.30. The molecule has 0 spiro atoms. The summed E-state index contributed by atoms with van der Waals surface area (Å²) in [4.78, 5) is 19.6. The van der Waals surface area contributed by atoms with Crippen LogP contribution in [-0.2, 0) is 11.2 Å². The fourth-order valence-electron chi connectivity index (χ4n) is 4.37. The molecular weight excluding hydrogens is 356 g/mol. The van der Waals surface area contributed by atoms with Crippen molar-refractivity contribution >= 4 is 5.91 Å². The van der Waals surface area contributed by atoms with Gasteiger partial charge in [0.15, 0.2) is 0 Å². The molecule has 1 saturated carbocycles. The lowest BCUT2D eigenvalue weighted by atomic mass is 9.81. The molecule has 1 fully saturated rings. The third-order valence-electron chi connectivity index (χ3n) is 6.27. The normalized spacial score (nSPS) is 19.9. The monoisotopic (exact) mass is 394 g/mol. The van der Waals surface area contributed by atoms with E-state index in [1.54, 1.807) is 12.5 Å². The van der Waals surface area contributed by atoms with E-state index in [2.05, 4.69) is 15.3 Å². The van der Waals surface area contributed by atoms with E-state index in [1.165, 1.54) is 19.3 Å². The highest BCUT2D eigenvalue weighted by Crippen LogP contribution is 2.29. The van der Waals surface area contributed by atoms with Gasteiger partial charge in [-0.05, 0) is 18.3 Å². The van der Waals surface area contributed by atoms with Crippen LogP contribution < -0.4 is 11.1 Å². The lowest BCUT2D eigenvalue weighted by molar-refractivity contribution is -0.125. The van der Waals surface area contributed by atoms with Gasteiger partial charge in [0.25, 0.3) is 0 Å². The third-order valence-corrected chi connectivity index (χ3v) is 6.27. The number of imidazole rings is 1. The highest BCUT2D eigenvalue weighted by atomic mass is 16.3. The highest BCUT2D eigenvalue weighted by Gasteiger charge is 2.34. The minimum Gasteiger partial charge on any atom is -0.390 e. The first kappa shape index (κ1) is 22.8. The van der Waals surface area contributed by atoms with Crippen LogP contribution in [0.15, 0.2) is 12.5 Å². The second kappa shape index (κ2) is 11.5. The van der Waals surface area contributed by atoms with Crippen LogP contribution in [0.2, 0.25) is 0 Å². The van der Waals surface area contributed by atoms with Gasteiger partial charge in [0.2, 0.25) is 5.91 Å². The SMILES string of the molecule is CCC(CC)[C@H](O)[C@H](O)[C@H](CC1CCCCC1)NC(=O)C(N)Cc1cnc[nH]1. The van der Waals surface area contributed by atoms with Gasteiger partial charge >= 0.3 is 0 Å². The van der Waals surface area contributed by atoms with Crippen LogP contribution in [0.5, 0.6) is 0 Å². The number of aromatic amines is 1. The number of H-pyrrole nitrogens is 1. The smallest absolute Gasteiger partial charge is 0.237 e. The maximum Gasteiger partial charge on any atom is 0.237 e. The van der Waals surface area contributed by atoms with E-state index < -0.39 is 24.3 Å². The molecule has 1 aromatic rings. The predicted octanol–water partition coefficient (Wildman–Crippen LogP) is 1.89. The molecule has 1 aliphatic carbocycles. The molecule has 0 radical (unpaired) electrons. The summed E-state index contributed by atoms with van der Waals surface area (Å²) in [5.74, 6) is 0.178. The molecule has 1 amide bonds. The number of aromatic nitrogens is 2. The maximum atomic E-state index is 12.7. The summed E-state index contributed by atoms with van der Waals surface area (Å²) in [5.41, 5.74) is 6.87. The summed E-state index contributed by atoms with van der Waals surface area (Å²) in [5, 5.41) is 24.5. The fourth-order valence-corrected chi connectivity index (χ4v) is 4.37. The molecule has 1 aliphatic rings. The Morgan fingerprint density at radius 1 is 1.25 bits per heavy atom. The molecule has 1 unspecified atom stereocenters. The summed E-state index contributed by atoms with van der Waals surface area (Å²) in [6.45, 7) is 4.03. The van der Waals surface area contributed by atoms with Gasteiger partial charge in [-0.25, -0.2) is 4.98 Å². The Morgan fingerprint density at radius 2 is 1.93 bits per heavy atom. The predicted molar refractivity (Wildman–Crippen MR) is 109 cm³/mol. The van der Waals surface area contributed by atoms with Crippen LogP contribution in [0.1, 0.15) is 70.9 Å². The number of hydrogen-bond donors (Lipinski definition) is 5. The van der Waals surface area contributed by atoms with Gasteiger partial charge in [-0.3, -0.25) is 4.79 Å². The van der Waals surface area contributed by atoms with Crippen LogP contribution in [0.3, 0.4) is 0 Å². The maximum absolute atomic E-state index is 12.7. The second-order valence-electron chi connectivity index (χ2n) is 8.30. The molecule has 28 heavy (non-hydrogen) atoms. The number of carbonyl (C=O) groups is 1. The minimum absolute atomic E-state index is 0.0134. The van der Waals surface area contributed by atoms with E-state index in [9.17, 15) is 15.0 Å². The van der Waals surface area contributed by atoms with Crippen molar-refractivity contribution in [2.75, 3.05) is 0 Å². The van der Waals surface area contributed by atoms with Gasteiger partial charge in [0.1, 0.15) is 6.10 Å². The van der Waals surface area contributed by atoms with Crippen molar-refractivity contribution in [1.82, 2.24) is 15.3 Å². The summed E-state index contributed by atoms with van der Waals surface area (Å²) >= 11 is 0. The molecule has 1 heterocycles. The molecule has 0 aliphatic heterocycles. The first-order valence-electron chi connectivity index (χ1n) is 10.9. The molecule has 7 nitrogen and oxygen atoms in total. The molecule has 0 saturated heterocycles. The Morgan fingerprint density at radius 3 is 2.50 bits per heavy atom. The molecule has 4 atom stereocenters. The lowest BCUT2D eigenvalue weighted by Gasteiger charge is -2.35. The number of nitrogens with one attached hydrogen (secondary N) is 2. The zero-order chi connectivity index (χ0) is 20.5. The first-order chi connectivity index (χ1) is 13.5. The highest BCUT2D eigenvalue weighted by molar-refractivity contribution is 5.82. The topological polar surface area (TPSA) is 124 Å². The molecule has 2 rings (SSSR count). The Labute approximate surface area is 168 Å². The van der Waals surface area contributed by atoms with Gasteiger partial charge in [0, 0.05) is 18.3 Å². The Bertz CT molecular complexity index is 556. The molecular formula is C21H38N4O3. The quantitative estimate of drug-likeness (QED) is 0.392. The van der Waals surface area contributed by atoms with Crippen molar-refractivity contribution in [3.63, 3.8) is 0 Å². The number of carbonyl (C=O) groups excluding carboxylic acids is 1. The van der Waals surface area contributed by atoms with Crippen LogP contribution in [0.4, 0.5) is 0 Å². The van der Waals surface area contributed by atoms with Crippen molar-refractivity contribution < 1.29 is 15.0 Å². The Kier molecular flexibility index (Phi) is 9.41. The van der Waals surface area contributed by atoms with E-state index in [-0.39, 0.29) is 11.8 Å². The summed E-state index contributed by atoms with van der Waals surface area (Å²) in [6, 6.07) is -1.22. The summed E-state index contributed by atoms with van der Waals surface area (Å²) in [6.07, 6.45) is 9.83. The molecule has 7 heteroatoms. The number of amides is 1. The molecule has 1 aromatic heterocycles. The van der Waals surface area contributed by atoms with E-state index in [0.29, 0.717) is 18.8 Å². The Hall–Kier alpha value is -1.44. The number of rotatable bonds is 11. The molecule has 160 valence electrons. The van der Waals surface area contributed by atoms with E-state index in [1.807, 2.05) is 13.8 Å². The Balaban J connectivity index is 2.04. The van der Waals surface area contributed by atoms with Gasteiger partial charge in [-0.1, -0.05) is 58.8 Å². The van der Waals surface area contributed by atoms with E-state index >= 15 is 0 Å². The van der Waals surface area contributed by atoms with E-state index in [0.717, 1.165) is 31.4 Å². The van der Waals surface area contributed by atoms with Gasteiger partial charge in [-0.15, -0.1) is 0 Å².